The highest BCUT2D eigenvalue weighted by Gasteiger charge is 2.01. The van der Waals surface area contributed by atoms with Gasteiger partial charge in [0.15, 0.2) is 0 Å². The number of anilines is 1. The molecule has 17 heavy (non-hydrogen) atoms. The van der Waals surface area contributed by atoms with Crippen LogP contribution >= 0.6 is 0 Å². The molecule has 0 fully saturated rings. The first-order valence-corrected chi connectivity index (χ1v) is 5.80. The summed E-state index contributed by atoms with van der Waals surface area (Å²) in [7, 11) is 0. The molecule has 0 aliphatic heterocycles. The van der Waals surface area contributed by atoms with Gasteiger partial charge in [0, 0.05) is 12.7 Å². The second-order valence-electron chi connectivity index (χ2n) is 3.90. The first-order valence-electron chi connectivity index (χ1n) is 5.80. The topological polar surface area (TPSA) is 29.9 Å². The number of benzene rings is 1. The van der Waals surface area contributed by atoms with Crippen LogP contribution in [0.5, 0.6) is 0 Å². The fourth-order valence-electron chi connectivity index (χ4n) is 1.64. The molecule has 2 aromatic rings. The standard InChI is InChI=1S/C13H16FN3/c1-2-8-17-9-7-11(16-17)10-15-13-6-4-3-5-12(13)14/h3-7,9,15H,2,8,10H2,1H3. The minimum Gasteiger partial charge on any atom is -0.377 e. The van der Waals surface area contributed by atoms with Crippen LogP contribution in [0, 0.1) is 5.82 Å². The molecule has 1 heterocycles. The summed E-state index contributed by atoms with van der Waals surface area (Å²) in [5.41, 5.74) is 1.43. The van der Waals surface area contributed by atoms with Crippen LogP contribution in [0.3, 0.4) is 0 Å². The van der Waals surface area contributed by atoms with Crippen LogP contribution in [0.1, 0.15) is 19.0 Å². The number of aromatic nitrogens is 2. The molecule has 0 amide bonds. The van der Waals surface area contributed by atoms with Crippen molar-refractivity contribution in [3.63, 3.8) is 0 Å². The Labute approximate surface area is 100 Å². The zero-order valence-corrected chi connectivity index (χ0v) is 9.86. The number of nitrogens with zero attached hydrogens (tertiary/aromatic N) is 2. The van der Waals surface area contributed by atoms with Gasteiger partial charge >= 0.3 is 0 Å². The molecule has 0 saturated carbocycles. The summed E-state index contributed by atoms with van der Waals surface area (Å²) in [6.45, 7) is 3.57. The minimum atomic E-state index is -0.236. The van der Waals surface area contributed by atoms with Crippen LogP contribution in [0.15, 0.2) is 36.5 Å². The lowest BCUT2D eigenvalue weighted by molar-refractivity contribution is 0.595. The molecule has 1 N–H and O–H groups in total. The lowest BCUT2D eigenvalue weighted by atomic mass is 10.3. The first-order chi connectivity index (χ1) is 8.29. The number of aryl methyl sites for hydroxylation is 1. The summed E-state index contributed by atoms with van der Waals surface area (Å²) in [6, 6.07) is 8.59. The van der Waals surface area contributed by atoms with Gasteiger partial charge in [0.1, 0.15) is 5.82 Å². The quantitative estimate of drug-likeness (QED) is 0.860. The van der Waals surface area contributed by atoms with E-state index in [1.54, 1.807) is 18.2 Å². The van der Waals surface area contributed by atoms with E-state index in [2.05, 4.69) is 17.3 Å². The Morgan fingerprint density at radius 1 is 1.29 bits per heavy atom. The molecule has 0 aliphatic rings. The Morgan fingerprint density at radius 2 is 2.12 bits per heavy atom. The van der Waals surface area contributed by atoms with Gasteiger partial charge in [-0.25, -0.2) is 4.39 Å². The average Bonchev–Trinajstić information content (AvgIpc) is 2.76. The lowest BCUT2D eigenvalue weighted by Crippen LogP contribution is -2.04. The van der Waals surface area contributed by atoms with Gasteiger partial charge in [-0.1, -0.05) is 19.1 Å². The van der Waals surface area contributed by atoms with Gasteiger partial charge in [-0.05, 0) is 24.6 Å². The van der Waals surface area contributed by atoms with Crippen molar-refractivity contribution in [2.24, 2.45) is 0 Å². The predicted octanol–water partition coefficient (Wildman–Crippen LogP) is 3.04. The summed E-state index contributed by atoms with van der Waals surface area (Å²) in [4.78, 5) is 0. The van der Waals surface area contributed by atoms with Gasteiger partial charge in [0.25, 0.3) is 0 Å². The van der Waals surface area contributed by atoms with E-state index in [4.69, 9.17) is 0 Å². The van der Waals surface area contributed by atoms with Crippen molar-refractivity contribution in [2.45, 2.75) is 26.4 Å². The van der Waals surface area contributed by atoms with Crippen molar-refractivity contribution in [2.75, 3.05) is 5.32 Å². The maximum atomic E-state index is 13.3. The predicted molar refractivity (Wildman–Crippen MR) is 66.2 cm³/mol. The van der Waals surface area contributed by atoms with Crippen molar-refractivity contribution >= 4 is 5.69 Å². The van der Waals surface area contributed by atoms with E-state index in [0.717, 1.165) is 18.7 Å². The van der Waals surface area contributed by atoms with Crippen LogP contribution in [0.2, 0.25) is 0 Å². The fourth-order valence-corrected chi connectivity index (χ4v) is 1.64. The third-order valence-electron chi connectivity index (χ3n) is 2.48. The van der Waals surface area contributed by atoms with Gasteiger partial charge in [0.2, 0.25) is 0 Å². The van der Waals surface area contributed by atoms with E-state index >= 15 is 0 Å². The van der Waals surface area contributed by atoms with Gasteiger partial charge < -0.3 is 5.32 Å². The Balaban J connectivity index is 1.95. The third-order valence-corrected chi connectivity index (χ3v) is 2.48. The van der Waals surface area contributed by atoms with Gasteiger partial charge in [-0.2, -0.15) is 5.10 Å². The van der Waals surface area contributed by atoms with Crippen LogP contribution in [0.4, 0.5) is 10.1 Å². The molecule has 0 radical (unpaired) electrons. The molecule has 3 nitrogen and oxygen atoms in total. The SMILES string of the molecule is CCCn1ccc(CNc2ccccc2F)n1. The Hall–Kier alpha value is -1.84. The summed E-state index contributed by atoms with van der Waals surface area (Å²) in [5.74, 6) is -0.236. The number of para-hydroxylation sites is 1. The Morgan fingerprint density at radius 3 is 2.88 bits per heavy atom. The van der Waals surface area contributed by atoms with Crippen molar-refractivity contribution < 1.29 is 4.39 Å². The molecule has 4 heteroatoms. The highest BCUT2D eigenvalue weighted by atomic mass is 19.1. The van der Waals surface area contributed by atoms with E-state index in [-0.39, 0.29) is 5.82 Å². The molecule has 1 aromatic heterocycles. The molecular weight excluding hydrogens is 217 g/mol. The summed E-state index contributed by atoms with van der Waals surface area (Å²) >= 11 is 0. The van der Waals surface area contributed by atoms with E-state index in [0.29, 0.717) is 12.2 Å². The maximum Gasteiger partial charge on any atom is 0.146 e. The monoisotopic (exact) mass is 233 g/mol. The van der Waals surface area contributed by atoms with E-state index in [1.807, 2.05) is 16.9 Å². The molecule has 2 rings (SSSR count). The van der Waals surface area contributed by atoms with Crippen molar-refractivity contribution in [3.05, 3.63) is 48.0 Å². The van der Waals surface area contributed by atoms with Crippen molar-refractivity contribution in [3.8, 4) is 0 Å². The van der Waals surface area contributed by atoms with Crippen LogP contribution in [0.25, 0.3) is 0 Å². The lowest BCUT2D eigenvalue weighted by Gasteiger charge is -2.05. The maximum absolute atomic E-state index is 13.3. The highest BCUT2D eigenvalue weighted by molar-refractivity contribution is 5.44. The zero-order chi connectivity index (χ0) is 12.1. The minimum absolute atomic E-state index is 0.236. The van der Waals surface area contributed by atoms with Crippen molar-refractivity contribution in [1.29, 1.82) is 0 Å². The first kappa shape index (κ1) is 11.6. The average molecular weight is 233 g/mol. The molecule has 0 aliphatic carbocycles. The number of hydrogen-bond acceptors (Lipinski definition) is 2. The summed E-state index contributed by atoms with van der Waals surface area (Å²) in [5, 5.41) is 7.41. The zero-order valence-electron chi connectivity index (χ0n) is 9.86. The molecule has 0 spiro atoms. The molecule has 0 atom stereocenters. The van der Waals surface area contributed by atoms with Crippen LogP contribution in [-0.4, -0.2) is 9.78 Å². The third kappa shape index (κ3) is 3.06. The Kier molecular flexibility index (Phi) is 3.75. The number of nitrogens with one attached hydrogen (secondary N) is 1. The molecular formula is C13H16FN3. The van der Waals surface area contributed by atoms with Crippen molar-refractivity contribution in [1.82, 2.24) is 9.78 Å². The molecule has 0 bridgehead atoms. The van der Waals surface area contributed by atoms with Gasteiger partial charge in [-0.15, -0.1) is 0 Å². The second-order valence-corrected chi connectivity index (χ2v) is 3.90. The summed E-state index contributed by atoms with van der Waals surface area (Å²) < 4.78 is 15.2. The van der Waals surface area contributed by atoms with E-state index in [1.165, 1.54) is 6.07 Å². The highest BCUT2D eigenvalue weighted by Crippen LogP contribution is 2.13. The molecule has 0 saturated heterocycles. The normalized spacial score (nSPS) is 10.5. The molecule has 0 unspecified atom stereocenters. The number of halogens is 1. The fraction of sp³-hybridized carbons (Fsp3) is 0.308. The Bertz CT molecular complexity index is 479. The number of rotatable bonds is 5. The van der Waals surface area contributed by atoms with E-state index in [9.17, 15) is 4.39 Å². The summed E-state index contributed by atoms with van der Waals surface area (Å²) in [6.07, 6.45) is 3.00. The molecule has 90 valence electrons. The van der Waals surface area contributed by atoms with Gasteiger partial charge in [-0.3, -0.25) is 4.68 Å². The largest absolute Gasteiger partial charge is 0.377 e. The molecule has 1 aromatic carbocycles. The second kappa shape index (κ2) is 5.48. The van der Waals surface area contributed by atoms with Gasteiger partial charge in [0.05, 0.1) is 17.9 Å². The van der Waals surface area contributed by atoms with Crippen LogP contribution < -0.4 is 5.32 Å². The van der Waals surface area contributed by atoms with Crippen LogP contribution in [-0.2, 0) is 13.1 Å². The van der Waals surface area contributed by atoms with E-state index < -0.39 is 0 Å². The number of hydrogen-bond donors (Lipinski definition) is 1. The smallest absolute Gasteiger partial charge is 0.146 e.